The van der Waals surface area contributed by atoms with Crippen molar-refractivity contribution in [2.45, 2.75) is 40.2 Å². The first kappa shape index (κ1) is 15.6. The minimum atomic E-state index is -0.369. The molecule has 1 amide bonds. The van der Waals surface area contributed by atoms with E-state index in [1.807, 2.05) is 45.0 Å². The number of amides is 1. The summed E-state index contributed by atoms with van der Waals surface area (Å²) in [7, 11) is 0. The van der Waals surface area contributed by atoms with E-state index in [1.54, 1.807) is 6.92 Å². The maximum absolute atomic E-state index is 12.5. The third-order valence-corrected chi connectivity index (χ3v) is 3.70. The van der Waals surface area contributed by atoms with Crippen LogP contribution in [0.15, 0.2) is 24.3 Å². The number of aliphatic hydroxyl groups is 1. The number of fused-ring (bicyclic) bond motifs is 1. The molecule has 0 fully saturated rings. The molecule has 21 heavy (non-hydrogen) atoms. The van der Waals surface area contributed by atoms with Crippen LogP contribution in [-0.4, -0.2) is 28.6 Å². The van der Waals surface area contributed by atoms with Crippen molar-refractivity contribution in [3.05, 3.63) is 35.5 Å². The number of nitrogens with one attached hydrogen (secondary N) is 2. The molecule has 0 aliphatic rings. The van der Waals surface area contributed by atoms with Crippen LogP contribution in [0.5, 0.6) is 0 Å². The van der Waals surface area contributed by atoms with Crippen LogP contribution in [0.2, 0.25) is 0 Å². The average Bonchev–Trinajstić information content (AvgIpc) is 2.70. The molecule has 3 N–H and O–H groups in total. The van der Waals surface area contributed by atoms with Crippen molar-refractivity contribution in [2.75, 3.05) is 6.54 Å². The number of hydrogen-bond donors (Lipinski definition) is 3. The number of aliphatic hydroxyl groups excluding tert-OH is 1. The molecule has 0 bridgehead atoms. The smallest absolute Gasteiger partial charge is 0.253 e. The van der Waals surface area contributed by atoms with Gasteiger partial charge in [-0.1, -0.05) is 32.0 Å². The lowest BCUT2D eigenvalue weighted by Crippen LogP contribution is -2.35. The zero-order valence-electron chi connectivity index (χ0n) is 13.2. The number of hydrogen-bond acceptors (Lipinski definition) is 2. The fourth-order valence-electron chi connectivity index (χ4n) is 2.85. The molecule has 1 aromatic carbocycles. The molecule has 2 aromatic rings. The summed E-state index contributed by atoms with van der Waals surface area (Å²) in [5, 5.41) is 13.4. The minimum absolute atomic E-state index is 0.0661. The van der Waals surface area contributed by atoms with Crippen molar-refractivity contribution < 1.29 is 9.90 Å². The van der Waals surface area contributed by atoms with E-state index < -0.39 is 0 Å². The van der Waals surface area contributed by atoms with Gasteiger partial charge in [0, 0.05) is 23.1 Å². The Balaban J connectivity index is 2.14. The van der Waals surface area contributed by atoms with E-state index in [9.17, 15) is 9.90 Å². The van der Waals surface area contributed by atoms with Gasteiger partial charge in [0.15, 0.2) is 0 Å². The first-order valence-corrected chi connectivity index (χ1v) is 7.34. The lowest BCUT2D eigenvalue weighted by atomic mass is 9.87. The maximum Gasteiger partial charge on any atom is 0.253 e. The predicted octanol–water partition coefficient (Wildman–Crippen LogP) is 3.00. The van der Waals surface area contributed by atoms with Crippen molar-refractivity contribution in [3.63, 3.8) is 0 Å². The van der Waals surface area contributed by atoms with Gasteiger partial charge in [0.2, 0.25) is 0 Å². The number of benzene rings is 1. The molecule has 1 aromatic heterocycles. The highest BCUT2D eigenvalue weighted by atomic mass is 16.3. The topological polar surface area (TPSA) is 65.1 Å². The Morgan fingerprint density at radius 2 is 2.05 bits per heavy atom. The summed E-state index contributed by atoms with van der Waals surface area (Å²) >= 11 is 0. The minimum Gasteiger partial charge on any atom is -0.393 e. The zero-order chi connectivity index (χ0) is 15.6. The van der Waals surface area contributed by atoms with Crippen LogP contribution < -0.4 is 5.32 Å². The Morgan fingerprint density at radius 1 is 1.38 bits per heavy atom. The predicted molar refractivity (Wildman–Crippen MR) is 85.4 cm³/mol. The Kier molecular flexibility index (Phi) is 4.37. The Morgan fingerprint density at radius 3 is 2.71 bits per heavy atom. The van der Waals surface area contributed by atoms with Crippen molar-refractivity contribution >= 4 is 16.8 Å². The van der Waals surface area contributed by atoms with Gasteiger partial charge < -0.3 is 15.4 Å². The van der Waals surface area contributed by atoms with E-state index in [0.29, 0.717) is 18.5 Å². The highest BCUT2D eigenvalue weighted by Gasteiger charge is 2.23. The molecular weight excluding hydrogens is 264 g/mol. The molecule has 0 saturated carbocycles. The highest BCUT2D eigenvalue weighted by molar-refractivity contribution is 6.08. The van der Waals surface area contributed by atoms with Crippen LogP contribution in [0.4, 0.5) is 0 Å². The fourth-order valence-corrected chi connectivity index (χ4v) is 2.85. The second-order valence-corrected chi connectivity index (χ2v) is 6.57. The van der Waals surface area contributed by atoms with Crippen molar-refractivity contribution in [1.29, 1.82) is 0 Å². The first-order chi connectivity index (χ1) is 9.80. The number of carbonyl (C=O) groups is 1. The molecule has 4 nitrogen and oxygen atoms in total. The number of rotatable bonds is 5. The molecule has 1 atom stereocenters. The van der Waals surface area contributed by atoms with Crippen LogP contribution in [0, 0.1) is 12.3 Å². The maximum atomic E-state index is 12.5. The van der Waals surface area contributed by atoms with Gasteiger partial charge in [-0.2, -0.15) is 0 Å². The average molecular weight is 288 g/mol. The molecule has 0 spiro atoms. The molecule has 4 heteroatoms. The number of carbonyl (C=O) groups excluding carboxylic acids is 1. The Hall–Kier alpha value is -1.81. The summed E-state index contributed by atoms with van der Waals surface area (Å²) in [5.41, 5.74) is 2.42. The van der Waals surface area contributed by atoms with Gasteiger partial charge in [0.1, 0.15) is 0 Å². The lowest BCUT2D eigenvalue weighted by Gasteiger charge is -2.26. The molecule has 0 saturated heterocycles. The van der Waals surface area contributed by atoms with Gasteiger partial charge >= 0.3 is 0 Å². The summed E-state index contributed by atoms with van der Waals surface area (Å²) in [6, 6.07) is 7.81. The van der Waals surface area contributed by atoms with E-state index in [-0.39, 0.29) is 17.4 Å². The normalized spacial score (nSPS) is 13.4. The van der Waals surface area contributed by atoms with Crippen molar-refractivity contribution in [3.8, 4) is 0 Å². The number of H-pyrrole nitrogens is 1. The third-order valence-electron chi connectivity index (χ3n) is 3.70. The Labute approximate surface area is 125 Å². The fraction of sp³-hybridized carbons (Fsp3) is 0.471. The van der Waals surface area contributed by atoms with Crippen LogP contribution in [0.3, 0.4) is 0 Å². The number of aryl methyl sites for hydroxylation is 1. The number of aromatic nitrogens is 1. The summed E-state index contributed by atoms with van der Waals surface area (Å²) in [6.07, 6.45) is 0.284. The quantitative estimate of drug-likeness (QED) is 0.792. The highest BCUT2D eigenvalue weighted by Crippen LogP contribution is 2.24. The molecular formula is C17H24N2O2. The zero-order valence-corrected chi connectivity index (χ0v) is 13.2. The number of aromatic amines is 1. The van der Waals surface area contributed by atoms with Crippen LogP contribution >= 0.6 is 0 Å². The van der Waals surface area contributed by atoms with Crippen LogP contribution in [0.1, 0.15) is 43.2 Å². The summed E-state index contributed by atoms with van der Waals surface area (Å²) in [5.74, 6) is -0.0661. The largest absolute Gasteiger partial charge is 0.393 e. The van der Waals surface area contributed by atoms with Gasteiger partial charge in [-0.3, -0.25) is 4.79 Å². The van der Waals surface area contributed by atoms with E-state index in [4.69, 9.17) is 0 Å². The van der Waals surface area contributed by atoms with Gasteiger partial charge in [-0.25, -0.2) is 0 Å². The van der Waals surface area contributed by atoms with Crippen LogP contribution in [-0.2, 0) is 0 Å². The second-order valence-electron chi connectivity index (χ2n) is 6.57. The lowest BCUT2D eigenvalue weighted by molar-refractivity contribution is 0.0903. The summed E-state index contributed by atoms with van der Waals surface area (Å²) in [6.45, 7) is 8.31. The van der Waals surface area contributed by atoms with E-state index >= 15 is 0 Å². The SMILES string of the molecule is Cc1[nH]c2ccccc2c1C(=O)NCC(C)(C)CC(C)O. The van der Waals surface area contributed by atoms with Gasteiger partial charge in [0.05, 0.1) is 11.7 Å². The van der Waals surface area contributed by atoms with Crippen molar-refractivity contribution in [2.24, 2.45) is 5.41 Å². The van der Waals surface area contributed by atoms with E-state index in [2.05, 4.69) is 10.3 Å². The standard InChI is InChI=1S/C17H24N2O2/c1-11(20)9-17(3,4)10-18-16(21)15-12(2)19-14-8-6-5-7-13(14)15/h5-8,11,19-20H,9-10H2,1-4H3,(H,18,21). The molecule has 1 unspecified atom stereocenters. The second kappa shape index (κ2) is 5.90. The summed E-state index contributed by atoms with van der Waals surface area (Å²) < 4.78 is 0. The molecule has 0 aliphatic carbocycles. The molecule has 0 radical (unpaired) electrons. The first-order valence-electron chi connectivity index (χ1n) is 7.34. The van der Waals surface area contributed by atoms with Crippen molar-refractivity contribution in [1.82, 2.24) is 10.3 Å². The molecule has 0 aliphatic heterocycles. The monoisotopic (exact) mass is 288 g/mol. The molecule has 2 rings (SSSR count). The van der Waals surface area contributed by atoms with E-state index in [1.165, 1.54) is 0 Å². The number of para-hydroxylation sites is 1. The summed E-state index contributed by atoms with van der Waals surface area (Å²) in [4.78, 5) is 15.7. The molecule has 1 heterocycles. The van der Waals surface area contributed by atoms with Gasteiger partial charge in [-0.15, -0.1) is 0 Å². The van der Waals surface area contributed by atoms with E-state index in [0.717, 1.165) is 16.6 Å². The van der Waals surface area contributed by atoms with Gasteiger partial charge in [-0.05, 0) is 31.7 Å². The molecule has 114 valence electrons. The van der Waals surface area contributed by atoms with Gasteiger partial charge in [0.25, 0.3) is 5.91 Å². The van der Waals surface area contributed by atoms with Crippen LogP contribution in [0.25, 0.3) is 10.9 Å². The third kappa shape index (κ3) is 3.64. The Bertz CT molecular complexity index is 641.